The standard InChI is InChI=1S/C15H18N2O3S/c1-4-20-12-6-5-11(7-13(12)19-3)15(18)16-8-14-17-10(2)9-21-14/h5-7,9H,4,8H2,1-3H3,(H,16,18). The predicted molar refractivity (Wildman–Crippen MR) is 82.2 cm³/mol. The molecule has 21 heavy (non-hydrogen) atoms. The molecule has 2 aromatic rings. The zero-order valence-corrected chi connectivity index (χ0v) is 13.1. The second-order valence-corrected chi connectivity index (χ2v) is 5.31. The number of aryl methyl sites for hydroxylation is 1. The summed E-state index contributed by atoms with van der Waals surface area (Å²) in [6.07, 6.45) is 0. The SMILES string of the molecule is CCOc1ccc(C(=O)NCc2nc(C)cs2)cc1OC. The molecule has 2 rings (SSSR count). The number of carbonyl (C=O) groups is 1. The summed E-state index contributed by atoms with van der Waals surface area (Å²) < 4.78 is 10.7. The Morgan fingerprint density at radius 2 is 2.19 bits per heavy atom. The highest BCUT2D eigenvalue weighted by Gasteiger charge is 2.11. The third-order valence-corrected chi connectivity index (χ3v) is 3.76. The van der Waals surface area contributed by atoms with Crippen LogP contribution in [-0.4, -0.2) is 24.6 Å². The number of aromatic nitrogens is 1. The molecule has 0 bridgehead atoms. The molecule has 1 amide bonds. The number of benzene rings is 1. The van der Waals surface area contributed by atoms with Gasteiger partial charge < -0.3 is 14.8 Å². The van der Waals surface area contributed by atoms with Crippen LogP contribution in [0.3, 0.4) is 0 Å². The van der Waals surface area contributed by atoms with Gasteiger partial charge in [0.05, 0.1) is 20.3 Å². The number of hydrogen-bond donors (Lipinski definition) is 1. The number of hydrogen-bond acceptors (Lipinski definition) is 5. The minimum Gasteiger partial charge on any atom is -0.493 e. The van der Waals surface area contributed by atoms with Crippen molar-refractivity contribution in [3.63, 3.8) is 0 Å². The zero-order valence-electron chi connectivity index (χ0n) is 12.3. The van der Waals surface area contributed by atoms with E-state index in [2.05, 4.69) is 10.3 Å². The van der Waals surface area contributed by atoms with Gasteiger partial charge in [-0.2, -0.15) is 0 Å². The number of nitrogens with zero attached hydrogens (tertiary/aromatic N) is 1. The third-order valence-electron chi connectivity index (χ3n) is 2.79. The molecule has 1 N–H and O–H groups in total. The molecule has 0 unspecified atom stereocenters. The van der Waals surface area contributed by atoms with E-state index < -0.39 is 0 Å². The molecule has 1 heterocycles. The zero-order chi connectivity index (χ0) is 15.2. The summed E-state index contributed by atoms with van der Waals surface area (Å²) in [6, 6.07) is 5.13. The van der Waals surface area contributed by atoms with Crippen molar-refractivity contribution < 1.29 is 14.3 Å². The van der Waals surface area contributed by atoms with E-state index in [4.69, 9.17) is 9.47 Å². The Hall–Kier alpha value is -2.08. The summed E-state index contributed by atoms with van der Waals surface area (Å²) in [6.45, 7) is 4.80. The van der Waals surface area contributed by atoms with E-state index >= 15 is 0 Å². The smallest absolute Gasteiger partial charge is 0.251 e. The summed E-state index contributed by atoms with van der Waals surface area (Å²) >= 11 is 1.53. The molecule has 0 fully saturated rings. The minimum absolute atomic E-state index is 0.163. The van der Waals surface area contributed by atoms with Gasteiger partial charge >= 0.3 is 0 Å². The first-order chi connectivity index (χ1) is 10.1. The van der Waals surface area contributed by atoms with Gasteiger partial charge in [-0.05, 0) is 32.0 Å². The number of methoxy groups -OCH3 is 1. The monoisotopic (exact) mass is 306 g/mol. The molecule has 0 aliphatic carbocycles. The predicted octanol–water partition coefficient (Wildman–Crippen LogP) is 2.79. The molecule has 5 nitrogen and oxygen atoms in total. The van der Waals surface area contributed by atoms with Crippen molar-refractivity contribution in [3.05, 3.63) is 39.8 Å². The fourth-order valence-electron chi connectivity index (χ4n) is 1.83. The Morgan fingerprint density at radius 1 is 1.38 bits per heavy atom. The molecule has 0 radical (unpaired) electrons. The molecule has 112 valence electrons. The van der Waals surface area contributed by atoms with E-state index in [0.717, 1.165) is 10.7 Å². The van der Waals surface area contributed by atoms with Crippen LogP contribution in [0.25, 0.3) is 0 Å². The van der Waals surface area contributed by atoms with Gasteiger partial charge in [-0.25, -0.2) is 4.98 Å². The lowest BCUT2D eigenvalue weighted by molar-refractivity contribution is 0.0950. The van der Waals surface area contributed by atoms with Gasteiger partial charge in [-0.15, -0.1) is 11.3 Å². The van der Waals surface area contributed by atoms with Crippen LogP contribution < -0.4 is 14.8 Å². The van der Waals surface area contributed by atoms with Gasteiger partial charge in [0.2, 0.25) is 0 Å². The lowest BCUT2D eigenvalue weighted by atomic mass is 10.2. The number of carbonyl (C=O) groups excluding carboxylic acids is 1. The summed E-state index contributed by atoms with van der Waals surface area (Å²) in [5.41, 5.74) is 1.50. The van der Waals surface area contributed by atoms with E-state index in [9.17, 15) is 4.79 Å². The topological polar surface area (TPSA) is 60.5 Å². The quantitative estimate of drug-likeness (QED) is 0.891. The number of ether oxygens (including phenoxy) is 2. The summed E-state index contributed by atoms with van der Waals surface area (Å²) in [7, 11) is 1.55. The fourth-order valence-corrected chi connectivity index (χ4v) is 2.54. The van der Waals surface area contributed by atoms with Crippen LogP contribution in [-0.2, 0) is 6.54 Å². The van der Waals surface area contributed by atoms with Crippen LogP contribution in [0.5, 0.6) is 11.5 Å². The second-order valence-electron chi connectivity index (χ2n) is 4.36. The van der Waals surface area contributed by atoms with Crippen molar-refractivity contribution in [1.29, 1.82) is 0 Å². The van der Waals surface area contributed by atoms with Crippen LogP contribution in [0.4, 0.5) is 0 Å². The van der Waals surface area contributed by atoms with E-state index in [1.807, 2.05) is 19.2 Å². The van der Waals surface area contributed by atoms with Crippen molar-refractivity contribution in [1.82, 2.24) is 10.3 Å². The Balaban J connectivity index is 2.04. The number of rotatable bonds is 6. The van der Waals surface area contributed by atoms with Gasteiger partial charge in [-0.1, -0.05) is 0 Å². The van der Waals surface area contributed by atoms with Crippen molar-refractivity contribution in [3.8, 4) is 11.5 Å². The summed E-state index contributed by atoms with van der Waals surface area (Å²) in [5.74, 6) is 1.02. The van der Waals surface area contributed by atoms with E-state index in [0.29, 0.717) is 30.2 Å². The van der Waals surface area contributed by atoms with E-state index in [1.165, 1.54) is 11.3 Å². The highest BCUT2D eigenvalue weighted by atomic mass is 32.1. The summed E-state index contributed by atoms with van der Waals surface area (Å²) in [4.78, 5) is 16.4. The normalized spacial score (nSPS) is 10.2. The molecule has 6 heteroatoms. The number of thiazole rings is 1. The van der Waals surface area contributed by atoms with E-state index in [1.54, 1.807) is 25.3 Å². The van der Waals surface area contributed by atoms with Gasteiger partial charge in [0.15, 0.2) is 11.5 Å². The molecular formula is C15H18N2O3S. The molecule has 1 aromatic heterocycles. The molecule has 0 atom stereocenters. The maximum Gasteiger partial charge on any atom is 0.251 e. The van der Waals surface area contributed by atoms with Gasteiger partial charge in [0.1, 0.15) is 5.01 Å². The Kier molecular flexibility index (Phi) is 5.16. The first kappa shape index (κ1) is 15.3. The van der Waals surface area contributed by atoms with Crippen molar-refractivity contribution >= 4 is 17.2 Å². The Bertz CT molecular complexity index is 625. The van der Waals surface area contributed by atoms with Crippen molar-refractivity contribution in [2.75, 3.05) is 13.7 Å². The minimum atomic E-state index is -0.163. The Labute approximate surface area is 127 Å². The van der Waals surface area contributed by atoms with Crippen LogP contribution in [0, 0.1) is 6.92 Å². The van der Waals surface area contributed by atoms with Crippen LogP contribution in [0.2, 0.25) is 0 Å². The summed E-state index contributed by atoms with van der Waals surface area (Å²) in [5, 5.41) is 5.69. The van der Waals surface area contributed by atoms with Crippen molar-refractivity contribution in [2.24, 2.45) is 0 Å². The van der Waals surface area contributed by atoms with Crippen LogP contribution in [0.15, 0.2) is 23.6 Å². The van der Waals surface area contributed by atoms with E-state index in [-0.39, 0.29) is 5.91 Å². The van der Waals surface area contributed by atoms with Crippen molar-refractivity contribution in [2.45, 2.75) is 20.4 Å². The fraction of sp³-hybridized carbons (Fsp3) is 0.333. The molecule has 0 aliphatic rings. The largest absolute Gasteiger partial charge is 0.493 e. The highest BCUT2D eigenvalue weighted by Crippen LogP contribution is 2.28. The van der Waals surface area contributed by atoms with Gasteiger partial charge in [-0.3, -0.25) is 4.79 Å². The molecular weight excluding hydrogens is 288 g/mol. The molecule has 0 saturated heterocycles. The number of amides is 1. The second kappa shape index (κ2) is 7.08. The van der Waals surface area contributed by atoms with Gasteiger partial charge in [0.25, 0.3) is 5.91 Å². The molecule has 0 spiro atoms. The molecule has 0 saturated carbocycles. The first-order valence-corrected chi connectivity index (χ1v) is 7.52. The number of nitrogens with one attached hydrogen (secondary N) is 1. The average molecular weight is 306 g/mol. The lowest BCUT2D eigenvalue weighted by Crippen LogP contribution is -2.22. The maximum absolute atomic E-state index is 12.1. The average Bonchev–Trinajstić information content (AvgIpc) is 2.91. The van der Waals surface area contributed by atoms with Crippen LogP contribution in [0.1, 0.15) is 28.0 Å². The lowest BCUT2D eigenvalue weighted by Gasteiger charge is -2.10. The third kappa shape index (κ3) is 3.95. The Morgan fingerprint density at radius 3 is 2.81 bits per heavy atom. The molecule has 0 aliphatic heterocycles. The van der Waals surface area contributed by atoms with Gasteiger partial charge in [0, 0.05) is 16.6 Å². The van der Waals surface area contributed by atoms with Crippen LogP contribution >= 0.6 is 11.3 Å². The first-order valence-electron chi connectivity index (χ1n) is 6.64. The molecule has 1 aromatic carbocycles. The highest BCUT2D eigenvalue weighted by molar-refractivity contribution is 7.09. The maximum atomic E-state index is 12.1.